The molecular weight excluding hydrogens is 426 g/mol. The van der Waals surface area contributed by atoms with Gasteiger partial charge in [-0.1, -0.05) is 81.4 Å². The summed E-state index contributed by atoms with van der Waals surface area (Å²) in [5.74, 6) is 2.77. The van der Waals surface area contributed by atoms with E-state index in [1.165, 1.54) is 10.4 Å². The molecule has 0 aliphatic heterocycles. The standard InChI is InChI=1S/C27H37N3O2Si/c1-27(2,3)33(23-11-7-5-8-12-23,24-13-9-6-10-14-24)32-20-25-28-29-26(30(25)4)22-17-15-21(19-31)16-18-22/h5-14,21-22,31H,15-20H2,1-4H3/t21-,22-. The Morgan fingerprint density at radius 2 is 1.45 bits per heavy atom. The number of benzene rings is 2. The third kappa shape index (κ3) is 4.70. The lowest BCUT2D eigenvalue weighted by atomic mass is 9.82. The van der Waals surface area contributed by atoms with Gasteiger partial charge in [0, 0.05) is 19.6 Å². The highest BCUT2D eigenvalue weighted by Gasteiger charge is 2.50. The minimum Gasteiger partial charge on any atom is -0.400 e. The summed E-state index contributed by atoms with van der Waals surface area (Å²) in [4.78, 5) is 0. The first-order valence-corrected chi connectivity index (χ1v) is 14.0. The molecule has 1 aliphatic rings. The molecule has 0 amide bonds. The average molecular weight is 464 g/mol. The molecule has 0 bridgehead atoms. The summed E-state index contributed by atoms with van der Waals surface area (Å²) in [6.45, 7) is 7.61. The second kappa shape index (κ2) is 9.91. The van der Waals surface area contributed by atoms with Gasteiger partial charge in [-0.25, -0.2) is 0 Å². The van der Waals surface area contributed by atoms with Gasteiger partial charge < -0.3 is 14.1 Å². The molecule has 0 spiro atoms. The van der Waals surface area contributed by atoms with E-state index in [9.17, 15) is 5.11 Å². The Bertz CT molecular complexity index is 983. The van der Waals surface area contributed by atoms with E-state index in [1.54, 1.807) is 0 Å². The molecule has 1 fully saturated rings. The molecule has 1 saturated carbocycles. The van der Waals surface area contributed by atoms with Gasteiger partial charge in [0.25, 0.3) is 8.32 Å². The van der Waals surface area contributed by atoms with Gasteiger partial charge in [0.2, 0.25) is 0 Å². The quantitative estimate of drug-likeness (QED) is 0.535. The van der Waals surface area contributed by atoms with E-state index in [0.717, 1.165) is 37.3 Å². The summed E-state index contributed by atoms with van der Waals surface area (Å²) in [5, 5.41) is 21.1. The number of nitrogens with zero attached hydrogens (tertiary/aromatic N) is 3. The molecule has 1 aliphatic carbocycles. The van der Waals surface area contributed by atoms with Gasteiger partial charge in [0.15, 0.2) is 5.82 Å². The number of aliphatic hydroxyl groups is 1. The lowest BCUT2D eigenvalue weighted by Gasteiger charge is -2.42. The van der Waals surface area contributed by atoms with E-state index >= 15 is 0 Å². The predicted octanol–water partition coefficient (Wildman–Crippen LogP) is 4.16. The van der Waals surface area contributed by atoms with Crippen molar-refractivity contribution in [1.29, 1.82) is 0 Å². The highest BCUT2D eigenvalue weighted by molar-refractivity contribution is 6.99. The first-order valence-electron chi connectivity index (χ1n) is 12.1. The molecule has 33 heavy (non-hydrogen) atoms. The highest BCUT2D eigenvalue weighted by atomic mass is 28.4. The molecule has 6 heteroatoms. The van der Waals surface area contributed by atoms with Gasteiger partial charge in [0.05, 0.1) is 6.61 Å². The van der Waals surface area contributed by atoms with Crippen molar-refractivity contribution >= 4 is 18.7 Å². The van der Waals surface area contributed by atoms with Gasteiger partial charge in [-0.05, 0) is 47.0 Å². The van der Waals surface area contributed by atoms with E-state index in [4.69, 9.17) is 4.43 Å². The van der Waals surface area contributed by atoms with Crippen molar-refractivity contribution in [2.24, 2.45) is 13.0 Å². The van der Waals surface area contributed by atoms with Crippen LogP contribution in [0.3, 0.4) is 0 Å². The van der Waals surface area contributed by atoms with Crippen LogP contribution in [0.15, 0.2) is 60.7 Å². The molecule has 0 saturated heterocycles. The van der Waals surface area contributed by atoms with Crippen molar-refractivity contribution in [2.45, 2.75) is 64.0 Å². The zero-order chi connectivity index (χ0) is 23.5. The summed E-state index contributed by atoms with van der Waals surface area (Å²) in [6, 6.07) is 21.4. The van der Waals surface area contributed by atoms with Crippen LogP contribution in [0, 0.1) is 5.92 Å². The lowest BCUT2D eigenvalue weighted by molar-refractivity contribution is 0.180. The molecule has 3 aromatic rings. The molecule has 5 nitrogen and oxygen atoms in total. The van der Waals surface area contributed by atoms with Crippen LogP contribution in [-0.2, 0) is 18.1 Å². The zero-order valence-electron chi connectivity index (χ0n) is 20.4. The second-order valence-electron chi connectivity index (χ2n) is 10.4. The molecule has 1 heterocycles. The first-order chi connectivity index (χ1) is 15.9. The first kappa shape index (κ1) is 23.9. The van der Waals surface area contributed by atoms with Crippen molar-refractivity contribution in [3.05, 3.63) is 72.3 Å². The number of hydrogen-bond donors (Lipinski definition) is 1. The third-order valence-electron chi connectivity index (χ3n) is 7.30. The van der Waals surface area contributed by atoms with Gasteiger partial charge in [-0.15, -0.1) is 10.2 Å². The third-order valence-corrected chi connectivity index (χ3v) is 12.3. The number of aliphatic hydroxyl groups excluding tert-OH is 1. The van der Waals surface area contributed by atoms with Gasteiger partial charge in [-0.2, -0.15) is 0 Å². The van der Waals surface area contributed by atoms with Crippen LogP contribution < -0.4 is 10.4 Å². The Kier molecular flexibility index (Phi) is 7.17. The zero-order valence-corrected chi connectivity index (χ0v) is 21.4. The largest absolute Gasteiger partial charge is 0.400 e. The van der Waals surface area contributed by atoms with E-state index in [1.807, 2.05) is 0 Å². The molecule has 4 rings (SSSR count). The summed E-state index contributed by atoms with van der Waals surface area (Å²) in [6.07, 6.45) is 4.24. The molecule has 0 radical (unpaired) electrons. The molecule has 0 atom stereocenters. The van der Waals surface area contributed by atoms with Gasteiger partial charge in [-0.3, -0.25) is 0 Å². The fraction of sp³-hybridized carbons (Fsp3) is 0.481. The van der Waals surface area contributed by atoms with Crippen LogP contribution in [0.4, 0.5) is 0 Å². The Balaban J connectivity index is 1.65. The summed E-state index contributed by atoms with van der Waals surface area (Å²) < 4.78 is 9.19. The van der Waals surface area contributed by atoms with E-state index < -0.39 is 8.32 Å². The van der Waals surface area contributed by atoms with Crippen LogP contribution in [0.1, 0.15) is 64.0 Å². The number of rotatable bonds is 7. The topological polar surface area (TPSA) is 60.2 Å². The van der Waals surface area contributed by atoms with Crippen molar-refractivity contribution in [2.75, 3.05) is 6.61 Å². The van der Waals surface area contributed by atoms with Crippen LogP contribution in [0.5, 0.6) is 0 Å². The van der Waals surface area contributed by atoms with E-state index in [0.29, 0.717) is 25.0 Å². The average Bonchev–Trinajstić information content (AvgIpc) is 3.20. The summed E-state index contributed by atoms with van der Waals surface area (Å²) in [5.41, 5.74) is 0. The normalized spacial score (nSPS) is 19.5. The molecule has 176 valence electrons. The van der Waals surface area contributed by atoms with Gasteiger partial charge in [0.1, 0.15) is 5.82 Å². The van der Waals surface area contributed by atoms with Crippen molar-refractivity contribution in [3.8, 4) is 0 Å². The maximum absolute atomic E-state index is 9.46. The van der Waals surface area contributed by atoms with Gasteiger partial charge >= 0.3 is 0 Å². The maximum Gasteiger partial charge on any atom is 0.261 e. The van der Waals surface area contributed by atoms with E-state index in [-0.39, 0.29) is 5.04 Å². The molecular formula is C27H37N3O2Si. The van der Waals surface area contributed by atoms with Crippen LogP contribution in [-0.4, -0.2) is 34.8 Å². The minimum absolute atomic E-state index is 0.0696. The van der Waals surface area contributed by atoms with Crippen molar-refractivity contribution in [1.82, 2.24) is 14.8 Å². The Labute approximate surface area is 199 Å². The SMILES string of the molecule is Cn1c(CO[Si](c2ccccc2)(c2ccccc2)C(C)(C)C)nnc1[C@H]1CC[C@H](CO)CC1. The minimum atomic E-state index is -2.61. The molecule has 0 unspecified atom stereocenters. The maximum atomic E-state index is 9.46. The van der Waals surface area contributed by atoms with Crippen LogP contribution in [0.25, 0.3) is 0 Å². The summed E-state index contributed by atoms with van der Waals surface area (Å²) >= 11 is 0. The summed E-state index contributed by atoms with van der Waals surface area (Å²) in [7, 11) is -0.541. The molecule has 1 N–H and O–H groups in total. The molecule has 2 aromatic carbocycles. The molecule has 1 aromatic heterocycles. The number of aromatic nitrogens is 3. The smallest absolute Gasteiger partial charge is 0.261 e. The fourth-order valence-corrected chi connectivity index (χ4v) is 9.90. The lowest BCUT2D eigenvalue weighted by Crippen LogP contribution is -2.66. The highest BCUT2D eigenvalue weighted by Crippen LogP contribution is 2.38. The van der Waals surface area contributed by atoms with Crippen LogP contribution in [0.2, 0.25) is 5.04 Å². The van der Waals surface area contributed by atoms with Crippen molar-refractivity contribution < 1.29 is 9.53 Å². The second-order valence-corrected chi connectivity index (χ2v) is 14.7. The Morgan fingerprint density at radius 1 is 0.909 bits per heavy atom. The van der Waals surface area contributed by atoms with Crippen molar-refractivity contribution in [3.63, 3.8) is 0 Å². The number of hydrogen-bond acceptors (Lipinski definition) is 4. The predicted molar refractivity (Wildman–Crippen MR) is 135 cm³/mol. The van der Waals surface area contributed by atoms with E-state index in [2.05, 4.69) is 103 Å². The van der Waals surface area contributed by atoms with Crippen LogP contribution >= 0.6 is 0 Å². The Morgan fingerprint density at radius 3 is 1.94 bits per heavy atom. The Hall–Kier alpha value is -2.28. The fourth-order valence-electron chi connectivity index (χ4n) is 5.39. The monoisotopic (exact) mass is 463 g/mol.